The highest BCUT2D eigenvalue weighted by molar-refractivity contribution is 7.15. The van der Waals surface area contributed by atoms with Crippen LogP contribution < -0.4 is 10.1 Å². The van der Waals surface area contributed by atoms with Gasteiger partial charge >= 0.3 is 0 Å². The Labute approximate surface area is 171 Å². The van der Waals surface area contributed by atoms with Gasteiger partial charge in [-0.2, -0.15) is 0 Å². The Bertz CT molecular complexity index is 1050. The molecule has 0 saturated heterocycles. The third-order valence-corrected chi connectivity index (χ3v) is 5.92. The number of benzene rings is 1. The minimum Gasteiger partial charge on any atom is -0.487 e. The van der Waals surface area contributed by atoms with E-state index in [0.717, 1.165) is 22.4 Å². The van der Waals surface area contributed by atoms with Gasteiger partial charge in [-0.3, -0.25) is 14.6 Å². The van der Waals surface area contributed by atoms with Crippen LogP contribution in [0.1, 0.15) is 31.8 Å². The summed E-state index contributed by atoms with van der Waals surface area (Å²) in [5, 5.41) is 3.54. The van der Waals surface area contributed by atoms with Gasteiger partial charge in [0.05, 0.1) is 16.3 Å². The Balaban J connectivity index is 1.46. The normalized spacial score (nSPS) is 15.0. The summed E-state index contributed by atoms with van der Waals surface area (Å²) in [7, 11) is 0. The van der Waals surface area contributed by atoms with Crippen molar-refractivity contribution < 1.29 is 14.3 Å². The Kier molecular flexibility index (Phi) is 5.15. The molecule has 0 fully saturated rings. The lowest BCUT2D eigenvalue weighted by atomic mass is 10.0. The molecule has 0 radical (unpaired) electrons. The van der Waals surface area contributed by atoms with Gasteiger partial charge in [-0.25, -0.2) is 0 Å². The molecular formula is C21H17ClN2O3S. The predicted octanol–water partition coefficient (Wildman–Crippen LogP) is 4.40. The number of nitrogens with one attached hydrogen (secondary N) is 1. The van der Waals surface area contributed by atoms with Gasteiger partial charge in [0.1, 0.15) is 11.9 Å². The van der Waals surface area contributed by atoms with Gasteiger partial charge in [-0.1, -0.05) is 11.6 Å². The summed E-state index contributed by atoms with van der Waals surface area (Å²) in [6, 6.07) is 10.9. The van der Waals surface area contributed by atoms with Gasteiger partial charge < -0.3 is 10.1 Å². The number of fused-ring (bicyclic) bond motifs is 1. The lowest BCUT2D eigenvalue weighted by Gasteiger charge is -2.13. The lowest BCUT2D eigenvalue weighted by Crippen LogP contribution is -2.34. The summed E-state index contributed by atoms with van der Waals surface area (Å²) in [6.45, 7) is 1.86. The second-order valence-electron chi connectivity index (χ2n) is 6.55. The monoisotopic (exact) mass is 412 g/mol. The quantitative estimate of drug-likeness (QED) is 0.630. The number of halogens is 1. The van der Waals surface area contributed by atoms with E-state index in [2.05, 4.69) is 10.3 Å². The first-order chi connectivity index (χ1) is 13.5. The van der Waals surface area contributed by atoms with E-state index in [-0.39, 0.29) is 17.8 Å². The first-order valence-corrected chi connectivity index (χ1v) is 9.99. The van der Waals surface area contributed by atoms with E-state index in [1.165, 1.54) is 18.3 Å². The van der Waals surface area contributed by atoms with Crippen LogP contribution in [0.15, 0.2) is 48.8 Å². The second kappa shape index (κ2) is 7.73. The van der Waals surface area contributed by atoms with Gasteiger partial charge in [0.25, 0.3) is 5.91 Å². The van der Waals surface area contributed by atoms with Crippen molar-refractivity contribution in [2.45, 2.75) is 19.4 Å². The number of pyridine rings is 1. The summed E-state index contributed by atoms with van der Waals surface area (Å²) in [5.41, 5.74) is 2.92. The SMILES string of the molecule is CC(=O)c1ccc(C(=O)NCC2Cc3cc(Cl)cc(-c4ccncc4)c3O2)s1. The Hall–Kier alpha value is -2.70. The number of aromatic nitrogens is 1. The number of ketones is 1. The van der Waals surface area contributed by atoms with Gasteiger partial charge in [0.2, 0.25) is 0 Å². The minimum absolute atomic E-state index is 0.0425. The molecule has 0 saturated carbocycles. The number of carbonyl (C=O) groups is 2. The molecule has 0 aliphatic carbocycles. The maximum absolute atomic E-state index is 12.4. The van der Waals surface area contributed by atoms with Crippen molar-refractivity contribution in [3.8, 4) is 16.9 Å². The first-order valence-electron chi connectivity index (χ1n) is 8.79. The molecule has 1 aromatic carbocycles. The number of rotatable bonds is 5. The molecule has 7 heteroatoms. The number of hydrogen-bond donors (Lipinski definition) is 1. The molecular weight excluding hydrogens is 396 g/mol. The molecule has 2 aromatic heterocycles. The van der Waals surface area contributed by atoms with E-state index in [0.29, 0.717) is 27.7 Å². The third kappa shape index (κ3) is 3.79. The van der Waals surface area contributed by atoms with Crippen LogP contribution in [0.4, 0.5) is 0 Å². The van der Waals surface area contributed by atoms with Crippen molar-refractivity contribution >= 4 is 34.6 Å². The largest absolute Gasteiger partial charge is 0.487 e. The molecule has 3 aromatic rings. The van der Waals surface area contributed by atoms with Crippen molar-refractivity contribution in [2.75, 3.05) is 6.54 Å². The summed E-state index contributed by atoms with van der Waals surface area (Å²) >= 11 is 7.49. The van der Waals surface area contributed by atoms with Crippen LogP contribution in [0.3, 0.4) is 0 Å². The van der Waals surface area contributed by atoms with Crippen LogP contribution in [0.5, 0.6) is 5.75 Å². The fourth-order valence-corrected chi connectivity index (χ4v) is 4.26. The van der Waals surface area contributed by atoms with Crippen LogP contribution in [-0.4, -0.2) is 29.3 Å². The van der Waals surface area contributed by atoms with E-state index < -0.39 is 0 Å². The maximum Gasteiger partial charge on any atom is 0.261 e. The molecule has 1 atom stereocenters. The minimum atomic E-state index is -0.204. The van der Waals surface area contributed by atoms with Crippen molar-refractivity contribution in [1.82, 2.24) is 10.3 Å². The van der Waals surface area contributed by atoms with Gasteiger partial charge in [0, 0.05) is 35.0 Å². The zero-order chi connectivity index (χ0) is 19.7. The standard InChI is InChI=1S/C21H17ClN2O3S/c1-12(25)18-2-3-19(28-18)21(26)24-11-16-9-14-8-15(22)10-17(20(14)27-16)13-4-6-23-7-5-13/h2-8,10,16H,9,11H2,1H3,(H,24,26). The number of Topliss-reactive ketones (excluding diaryl/α,β-unsaturated/α-hetero) is 1. The van der Waals surface area contributed by atoms with Crippen molar-refractivity contribution in [3.63, 3.8) is 0 Å². The molecule has 0 bridgehead atoms. The van der Waals surface area contributed by atoms with Gasteiger partial charge in [-0.15, -0.1) is 11.3 Å². The summed E-state index contributed by atoms with van der Waals surface area (Å²) in [4.78, 5) is 28.9. The Morgan fingerprint density at radius 3 is 2.68 bits per heavy atom. The van der Waals surface area contributed by atoms with E-state index >= 15 is 0 Å². The smallest absolute Gasteiger partial charge is 0.261 e. The highest BCUT2D eigenvalue weighted by Gasteiger charge is 2.27. The molecule has 5 nitrogen and oxygen atoms in total. The second-order valence-corrected chi connectivity index (χ2v) is 8.07. The zero-order valence-corrected chi connectivity index (χ0v) is 16.6. The molecule has 1 unspecified atom stereocenters. The Morgan fingerprint density at radius 2 is 1.96 bits per heavy atom. The van der Waals surface area contributed by atoms with Gasteiger partial charge in [-0.05, 0) is 48.9 Å². The number of amides is 1. The van der Waals surface area contributed by atoms with Crippen LogP contribution in [0.2, 0.25) is 5.02 Å². The molecule has 3 heterocycles. The number of hydrogen-bond acceptors (Lipinski definition) is 5. The van der Waals surface area contributed by atoms with E-state index in [9.17, 15) is 9.59 Å². The topological polar surface area (TPSA) is 68.3 Å². The van der Waals surface area contributed by atoms with E-state index in [1.54, 1.807) is 24.5 Å². The molecule has 1 aliphatic heterocycles. The summed E-state index contributed by atoms with van der Waals surface area (Å²) < 4.78 is 6.13. The number of carbonyl (C=O) groups excluding carboxylic acids is 2. The molecule has 0 spiro atoms. The predicted molar refractivity (Wildman–Crippen MR) is 109 cm³/mol. The van der Waals surface area contributed by atoms with E-state index in [4.69, 9.17) is 16.3 Å². The molecule has 142 valence electrons. The maximum atomic E-state index is 12.4. The average Bonchev–Trinajstić information content (AvgIpc) is 3.33. The highest BCUT2D eigenvalue weighted by Crippen LogP contribution is 2.40. The van der Waals surface area contributed by atoms with Crippen LogP contribution in [0.25, 0.3) is 11.1 Å². The zero-order valence-electron chi connectivity index (χ0n) is 15.1. The fourth-order valence-electron chi connectivity index (χ4n) is 3.20. The molecule has 1 aliphatic rings. The van der Waals surface area contributed by atoms with E-state index in [1.807, 2.05) is 24.3 Å². The summed E-state index contributed by atoms with van der Waals surface area (Å²) in [5.74, 6) is 0.549. The molecule has 1 N–H and O–H groups in total. The van der Waals surface area contributed by atoms with Crippen LogP contribution in [0, 0.1) is 0 Å². The average molecular weight is 413 g/mol. The molecule has 1 amide bonds. The van der Waals surface area contributed by atoms with Crippen LogP contribution in [-0.2, 0) is 6.42 Å². The van der Waals surface area contributed by atoms with Crippen molar-refractivity contribution in [3.05, 3.63) is 69.1 Å². The van der Waals surface area contributed by atoms with Crippen LogP contribution >= 0.6 is 22.9 Å². The molecule has 4 rings (SSSR count). The number of ether oxygens (including phenoxy) is 1. The van der Waals surface area contributed by atoms with Gasteiger partial charge in [0.15, 0.2) is 5.78 Å². The fraction of sp³-hybridized carbons (Fsp3) is 0.190. The van der Waals surface area contributed by atoms with Crippen molar-refractivity contribution in [1.29, 1.82) is 0 Å². The van der Waals surface area contributed by atoms with Crippen molar-refractivity contribution in [2.24, 2.45) is 0 Å². The number of nitrogens with zero attached hydrogens (tertiary/aromatic N) is 1. The highest BCUT2D eigenvalue weighted by atomic mass is 35.5. The third-order valence-electron chi connectivity index (χ3n) is 4.52. The lowest BCUT2D eigenvalue weighted by molar-refractivity contribution is 0.0937. The number of thiophene rings is 1. The molecule has 28 heavy (non-hydrogen) atoms. The summed E-state index contributed by atoms with van der Waals surface area (Å²) in [6.07, 6.45) is 3.94. The first kappa shape index (κ1) is 18.7. The Morgan fingerprint density at radius 1 is 1.21 bits per heavy atom.